The summed E-state index contributed by atoms with van der Waals surface area (Å²) in [5.41, 5.74) is 6.82. The van der Waals surface area contributed by atoms with Crippen LogP contribution in [0.4, 0.5) is 19.0 Å². The molecule has 0 atom stereocenters. The van der Waals surface area contributed by atoms with Gasteiger partial charge in [0.1, 0.15) is 17.4 Å². The lowest BCUT2D eigenvalue weighted by molar-refractivity contribution is -0.172. The third-order valence-electron chi connectivity index (χ3n) is 2.10. The predicted molar refractivity (Wildman–Crippen MR) is 70.2 cm³/mol. The summed E-state index contributed by atoms with van der Waals surface area (Å²) in [7, 11) is 0. The average molecular weight is 293 g/mol. The van der Waals surface area contributed by atoms with E-state index in [9.17, 15) is 13.2 Å². The SMILES string of the molecule is Cc1ccc(C(N)=S)c(NCCOCC(F)(F)F)n1. The van der Waals surface area contributed by atoms with Crippen LogP contribution >= 0.6 is 12.2 Å². The summed E-state index contributed by atoms with van der Waals surface area (Å²) in [4.78, 5) is 4.36. The first-order valence-corrected chi connectivity index (χ1v) is 5.86. The zero-order chi connectivity index (χ0) is 14.5. The van der Waals surface area contributed by atoms with E-state index in [0.717, 1.165) is 5.69 Å². The number of ether oxygens (including phenoxy) is 1. The van der Waals surface area contributed by atoms with Gasteiger partial charge in [0.25, 0.3) is 0 Å². The highest BCUT2D eigenvalue weighted by atomic mass is 32.1. The number of hydrogen-bond donors (Lipinski definition) is 2. The first kappa shape index (κ1) is 15.6. The summed E-state index contributed by atoms with van der Waals surface area (Å²) in [6.45, 7) is 0.612. The molecule has 19 heavy (non-hydrogen) atoms. The number of nitrogens with one attached hydrogen (secondary N) is 1. The fraction of sp³-hybridized carbons (Fsp3) is 0.455. The van der Waals surface area contributed by atoms with Crippen LogP contribution in [0.5, 0.6) is 0 Å². The number of anilines is 1. The number of hydrogen-bond acceptors (Lipinski definition) is 4. The van der Waals surface area contributed by atoms with Gasteiger partial charge in [-0.25, -0.2) is 4.98 Å². The normalized spacial score (nSPS) is 11.4. The van der Waals surface area contributed by atoms with Crippen molar-refractivity contribution in [2.24, 2.45) is 5.73 Å². The molecule has 3 N–H and O–H groups in total. The van der Waals surface area contributed by atoms with Crippen LogP contribution in [0, 0.1) is 6.92 Å². The second kappa shape index (κ2) is 6.67. The fourth-order valence-electron chi connectivity index (χ4n) is 1.32. The molecule has 106 valence electrons. The van der Waals surface area contributed by atoms with Crippen LogP contribution in [0.25, 0.3) is 0 Å². The quantitative estimate of drug-likeness (QED) is 0.620. The van der Waals surface area contributed by atoms with E-state index in [1.165, 1.54) is 0 Å². The lowest BCUT2D eigenvalue weighted by Crippen LogP contribution is -2.21. The van der Waals surface area contributed by atoms with Crippen molar-refractivity contribution >= 4 is 23.0 Å². The summed E-state index contributed by atoms with van der Waals surface area (Å²) in [6, 6.07) is 3.46. The maximum absolute atomic E-state index is 11.8. The third-order valence-corrected chi connectivity index (χ3v) is 2.32. The van der Waals surface area contributed by atoms with E-state index < -0.39 is 12.8 Å². The highest BCUT2D eigenvalue weighted by Gasteiger charge is 2.27. The van der Waals surface area contributed by atoms with E-state index in [1.807, 2.05) is 0 Å². The first-order valence-electron chi connectivity index (χ1n) is 5.45. The maximum Gasteiger partial charge on any atom is 0.411 e. The van der Waals surface area contributed by atoms with Gasteiger partial charge in [-0.1, -0.05) is 12.2 Å². The molecular formula is C11H14F3N3OS. The predicted octanol–water partition coefficient (Wildman–Crippen LogP) is 2.02. The Labute approximate surface area is 114 Å². The van der Waals surface area contributed by atoms with Crippen molar-refractivity contribution in [2.45, 2.75) is 13.1 Å². The minimum Gasteiger partial charge on any atom is -0.389 e. The highest BCUT2D eigenvalue weighted by Crippen LogP contribution is 2.15. The van der Waals surface area contributed by atoms with Crippen molar-refractivity contribution in [1.82, 2.24) is 4.98 Å². The summed E-state index contributed by atoms with van der Waals surface area (Å²) >= 11 is 4.86. The summed E-state index contributed by atoms with van der Waals surface area (Å²) < 4.78 is 40.0. The number of rotatable bonds is 6. The molecular weight excluding hydrogens is 279 g/mol. The average Bonchev–Trinajstić information content (AvgIpc) is 2.26. The van der Waals surface area contributed by atoms with Crippen LogP contribution in [-0.2, 0) is 4.74 Å². The van der Waals surface area contributed by atoms with Crippen molar-refractivity contribution < 1.29 is 17.9 Å². The van der Waals surface area contributed by atoms with Gasteiger partial charge < -0.3 is 15.8 Å². The number of nitrogens with zero attached hydrogens (tertiary/aromatic N) is 1. The summed E-state index contributed by atoms with van der Waals surface area (Å²) in [5.74, 6) is 0.447. The molecule has 0 amide bonds. The van der Waals surface area contributed by atoms with Gasteiger partial charge in [0.05, 0.1) is 12.2 Å². The van der Waals surface area contributed by atoms with Crippen molar-refractivity contribution in [3.05, 3.63) is 23.4 Å². The Bertz CT molecular complexity index is 451. The molecule has 0 unspecified atom stereocenters. The van der Waals surface area contributed by atoms with Crippen LogP contribution < -0.4 is 11.1 Å². The number of aryl methyl sites for hydroxylation is 1. The molecule has 1 heterocycles. The van der Waals surface area contributed by atoms with Crippen LogP contribution in [0.3, 0.4) is 0 Å². The van der Waals surface area contributed by atoms with Gasteiger partial charge in [-0.3, -0.25) is 0 Å². The zero-order valence-electron chi connectivity index (χ0n) is 10.3. The lowest BCUT2D eigenvalue weighted by atomic mass is 10.2. The molecule has 1 rings (SSSR count). The molecule has 0 aliphatic carbocycles. The second-order valence-corrected chi connectivity index (χ2v) is 4.25. The van der Waals surface area contributed by atoms with E-state index in [4.69, 9.17) is 18.0 Å². The van der Waals surface area contributed by atoms with Crippen LogP contribution in [0.1, 0.15) is 11.3 Å². The minimum atomic E-state index is -4.31. The summed E-state index contributed by atoms with van der Waals surface area (Å²) in [6.07, 6.45) is -4.31. The second-order valence-electron chi connectivity index (χ2n) is 3.81. The van der Waals surface area contributed by atoms with Crippen molar-refractivity contribution in [3.63, 3.8) is 0 Å². The molecule has 0 radical (unpaired) electrons. The Hall–Kier alpha value is -1.41. The van der Waals surface area contributed by atoms with Gasteiger partial charge in [0.2, 0.25) is 0 Å². The van der Waals surface area contributed by atoms with Crippen LogP contribution in [0.2, 0.25) is 0 Å². The third kappa shape index (κ3) is 5.84. The minimum absolute atomic E-state index is 0.0914. The van der Waals surface area contributed by atoms with E-state index in [0.29, 0.717) is 11.4 Å². The molecule has 1 aromatic heterocycles. The van der Waals surface area contributed by atoms with Crippen LogP contribution in [-0.4, -0.2) is 35.9 Å². The van der Waals surface area contributed by atoms with E-state index in [-0.39, 0.29) is 18.1 Å². The Morgan fingerprint density at radius 1 is 1.47 bits per heavy atom. The van der Waals surface area contributed by atoms with Crippen molar-refractivity contribution in [1.29, 1.82) is 0 Å². The number of pyridine rings is 1. The Morgan fingerprint density at radius 2 is 2.16 bits per heavy atom. The highest BCUT2D eigenvalue weighted by molar-refractivity contribution is 7.80. The molecule has 0 spiro atoms. The molecule has 0 aromatic carbocycles. The van der Waals surface area contributed by atoms with E-state index in [2.05, 4.69) is 15.0 Å². The standard InChI is InChI=1S/C11H14F3N3OS/c1-7-2-3-8(9(15)19)10(17-7)16-4-5-18-6-11(12,13)14/h2-3H,4-6H2,1H3,(H2,15,19)(H,16,17). The smallest absolute Gasteiger partial charge is 0.389 e. The number of nitrogens with two attached hydrogens (primary N) is 1. The summed E-state index contributed by atoms with van der Waals surface area (Å²) in [5, 5.41) is 2.85. The Kier molecular flexibility index (Phi) is 5.49. The largest absolute Gasteiger partial charge is 0.411 e. The first-order chi connectivity index (χ1) is 8.79. The molecule has 8 heteroatoms. The Morgan fingerprint density at radius 3 is 2.74 bits per heavy atom. The van der Waals surface area contributed by atoms with Crippen molar-refractivity contribution in [3.8, 4) is 0 Å². The number of alkyl halides is 3. The molecule has 1 aromatic rings. The van der Waals surface area contributed by atoms with Gasteiger partial charge in [0, 0.05) is 12.2 Å². The maximum atomic E-state index is 11.8. The number of halogens is 3. The molecule has 0 aliphatic rings. The van der Waals surface area contributed by atoms with Gasteiger partial charge in [0.15, 0.2) is 0 Å². The number of thiocarbonyl (C=S) groups is 1. The molecule has 0 saturated carbocycles. The van der Waals surface area contributed by atoms with Crippen LogP contribution in [0.15, 0.2) is 12.1 Å². The Balaban J connectivity index is 2.49. The molecule has 4 nitrogen and oxygen atoms in total. The van der Waals surface area contributed by atoms with Gasteiger partial charge in [-0.2, -0.15) is 13.2 Å². The molecule has 0 fully saturated rings. The van der Waals surface area contributed by atoms with Gasteiger partial charge in [-0.05, 0) is 19.1 Å². The van der Waals surface area contributed by atoms with Gasteiger partial charge in [-0.15, -0.1) is 0 Å². The topological polar surface area (TPSA) is 60.2 Å². The fourth-order valence-corrected chi connectivity index (χ4v) is 1.48. The molecule has 0 saturated heterocycles. The monoisotopic (exact) mass is 293 g/mol. The van der Waals surface area contributed by atoms with Gasteiger partial charge >= 0.3 is 6.18 Å². The lowest BCUT2D eigenvalue weighted by Gasteiger charge is -2.12. The zero-order valence-corrected chi connectivity index (χ0v) is 11.1. The number of aromatic nitrogens is 1. The van der Waals surface area contributed by atoms with Crippen molar-refractivity contribution in [2.75, 3.05) is 25.1 Å². The van der Waals surface area contributed by atoms with E-state index in [1.54, 1.807) is 19.1 Å². The molecule has 0 aliphatic heterocycles. The van der Waals surface area contributed by atoms with E-state index >= 15 is 0 Å². The molecule has 0 bridgehead atoms.